The number of hydrogen-bond acceptors (Lipinski definition) is 8. The summed E-state index contributed by atoms with van der Waals surface area (Å²) in [7, 11) is 0. The molecule has 0 saturated heterocycles. The second-order valence-corrected chi connectivity index (χ2v) is 7.01. The molecule has 9 nitrogen and oxygen atoms in total. The second kappa shape index (κ2) is 7.39. The van der Waals surface area contributed by atoms with E-state index < -0.39 is 28.9 Å². The van der Waals surface area contributed by atoms with Gasteiger partial charge in [0.2, 0.25) is 17.7 Å². The van der Waals surface area contributed by atoms with Gasteiger partial charge in [-0.2, -0.15) is 0 Å². The Balaban J connectivity index is 2.98. The molecule has 1 rings (SSSR count). The molecule has 0 spiro atoms. The summed E-state index contributed by atoms with van der Waals surface area (Å²) in [6, 6.07) is 0. The van der Waals surface area contributed by atoms with Crippen molar-refractivity contribution in [1.82, 2.24) is 4.98 Å². The van der Waals surface area contributed by atoms with E-state index in [4.69, 9.17) is 9.57 Å². The first-order valence-electron chi connectivity index (χ1n) is 6.85. The molecule has 0 bridgehead atoms. The van der Waals surface area contributed by atoms with E-state index in [1.54, 1.807) is 20.8 Å². The number of ether oxygens (including phenoxy) is 1. The number of carboxylic acid groups (broad SMARTS) is 1. The highest BCUT2D eigenvalue weighted by atomic mass is 32.1. The van der Waals surface area contributed by atoms with Crippen LogP contribution in [0.25, 0.3) is 0 Å². The smallest absolute Gasteiger partial charge is 0.360 e. The van der Waals surface area contributed by atoms with E-state index in [-0.39, 0.29) is 10.8 Å². The standard InChI is InChI=1S/C14H19N3O6S/c1-13(2,3)22-11(21)14(4,5)23-17-9(10(19)20)8-6-24-12(16-8)15-7-18/h6-7H,1-5H3,(H,19,20)(H,15,16,18). The topological polar surface area (TPSA) is 127 Å². The molecule has 24 heavy (non-hydrogen) atoms. The monoisotopic (exact) mass is 357 g/mol. The molecule has 0 fully saturated rings. The number of carboxylic acids is 1. The van der Waals surface area contributed by atoms with Crippen LogP contribution >= 0.6 is 11.3 Å². The van der Waals surface area contributed by atoms with Gasteiger partial charge in [-0.05, 0) is 34.6 Å². The molecule has 1 amide bonds. The van der Waals surface area contributed by atoms with Gasteiger partial charge in [-0.25, -0.2) is 14.6 Å². The van der Waals surface area contributed by atoms with Crippen molar-refractivity contribution < 1.29 is 29.1 Å². The Hall–Kier alpha value is -2.49. The fraction of sp³-hybridized carbons (Fsp3) is 0.500. The number of carbonyl (C=O) groups excluding carboxylic acids is 2. The van der Waals surface area contributed by atoms with Crippen LogP contribution in [0.3, 0.4) is 0 Å². The van der Waals surface area contributed by atoms with Crippen LogP contribution in [0, 0.1) is 0 Å². The summed E-state index contributed by atoms with van der Waals surface area (Å²) in [5, 5.41) is 16.7. The van der Waals surface area contributed by atoms with Gasteiger partial charge in [0.1, 0.15) is 11.3 Å². The first-order chi connectivity index (χ1) is 11.0. The molecule has 0 atom stereocenters. The molecule has 1 aromatic heterocycles. The lowest BCUT2D eigenvalue weighted by Gasteiger charge is -2.26. The van der Waals surface area contributed by atoms with Crippen LogP contribution in [-0.4, -0.2) is 45.4 Å². The van der Waals surface area contributed by atoms with Gasteiger partial charge in [0, 0.05) is 5.38 Å². The first-order valence-corrected chi connectivity index (χ1v) is 7.73. The largest absolute Gasteiger partial charge is 0.476 e. The van der Waals surface area contributed by atoms with E-state index in [0.29, 0.717) is 6.41 Å². The van der Waals surface area contributed by atoms with E-state index in [0.717, 1.165) is 11.3 Å². The third-order valence-electron chi connectivity index (χ3n) is 2.39. The van der Waals surface area contributed by atoms with Crippen molar-refractivity contribution in [3.05, 3.63) is 11.1 Å². The fourth-order valence-corrected chi connectivity index (χ4v) is 1.95. The molecule has 1 aromatic rings. The molecule has 10 heteroatoms. The minimum Gasteiger partial charge on any atom is -0.476 e. The van der Waals surface area contributed by atoms with Gasteiger partial charge in [0.25, 0.3) is 0 Å². The molecule has 1 heterocycles. The van der Waals surface area contributed by atoms with Crippen molar-refractivity contribution >= 4 is 40.5 Å². The number of nitrogens with one attached hydrogen (secondary N) is 1. The number of hydrogen-bond donors (Lipinski definition) is 2. The number of aromatic nitrogens is 1. The third-order valence-corrected chi connectivity index (χ3v) is 3.16. The number of thiazole rings is 1. The average Bonchev–Trinajstić information content (AvgIpc) is 2.85. The van der Waals surface area contributed by atoms with Crippen molar-refractivity contribution in [2.24, 2.45) is 5.16 Å². The van der Waals surface area contributed by atoms with Gasteiger partial charge in [0.05, 0.1) is 0 Å². The highest BCUT2D eigenvalue weighted by Crippen LogP contribution is 2.19. The van der Waals surface area contributed by atoms with Crippen LogP contribution in [0.1, 0.15) is 40.3 Å². The van der Waals surface area contributed by atoms with Crippen molar-refractivity contribution in [2.45, 2.75) is 45.8 Å². The Kier molecular flexibility index (Phi) is 6.02. The lowest BCUT2D eigenvalue weighted by molar-refractivity contribution is -0.179. The molecule has 0 radical (unpaired) electrons. The lowest BCUT2D eigenvalue weighted by Crippen LogP contribution is -2.40. The Morgan fingerprint density at radius 3 is 2.46 bits per heavy atom. The van der Waals surface area contributed by atoms with Crippen molar-refractivity contribution in [3.8, 4) is 0 Å². The van der Waals surface area contributed by atoms with Crippen molar-refractivity contribution in [2.75, 3.05) is 5.32 Å². The molecule has 0 unspecified atom stereocenters. The van der Waals surface area contributed by atoms with E-state index in [2.05, 4.69) is 15.5 Å². The van der Waals surface area contributed by atoms with Crippen LogP contribution < -0.4 is 5.32 Å². The highest BCUT2D eigenvalue weighted by molar-refractivity contribution is 7.14. The second-order valence-electron chi connectivity index (χ2n) is 6.15. The SMILES string of the molecule is CC(C)(C)OC(=O)C(C)(C)ON=C(C(=O)O)c1csc(NC=O)n1. The van der Waals surface area contributed by atoms with E-state index in [9.17, 15) is 19.5 Å². The molecule has 0 aliphatic rings. The Morgan fingerprint density at radius 2 is 1.96 bits per heavy atom. The van der Waals surface area contributed by atoms with Crippen LogP contribution in [0.2, 0.25) is 0 Å². The number of rotatable bonds is 7. The number of esters is 1. The summed E-state index contributed by atoms with van der Waals surface area (Å²) in [6.07, 6.45) is 0.419. The molecule has 0 aliphatic carbocycles. The molecule has 132 valence electrons. The fourth-order valence-electron chi connectivity index (χ4n) is 1.29. The minimum atomic E-state index is -1.49. The quantitative estimate of drug-likeness (QED) is 0.328. The predicted octanol–water partition coefficient (Wildman–Crippen LogP) is 1.64. The Bertz CT molecular complexity index is 660. The Morgan fingerprint density at radius 1 is 1.33 bits per heavy atom. The first kappa shape index (κ1) is 19.6. The summed E-state index contributed by atoms with van der Waals surface area (Å²) in [6.45, 7) is 7.91. The average molecular weight is 357 g/mol. The Labute approximate surface area is 142 Å². The molecule has 0 aromatic carbocycles. The van der Waals surface area contributed by atoms with Gasteiger partial charge < -0.3 is 20.0 Å². The molecular weight excluding hydrogens is 338 g/mol. The maximum absolute atomic E-state index is 12.1. The maximum atomic E-state index is 12.1. The van der Waals surface area contributed by atoms with Crippen LogP contribution in [0.15, 0.2) is 10.5 Å². The number of amides is 1. The molecule has 0 saturated carbocycles. The zero-order valence-electron chi connectivity index (χ0n) is 13.9. The number of carbonyl (C=O) groups is 3. The summed E-state index contributed by atoms with van der Waals surface area (Å²) in [5.41, 5.74) is -2.71. The van der Waals surface area contributed by atoms with Gasteiger partial charge in [-0.1, -0.05) is 5.16 Å². The predicted molar refractivity (Wildman–Crippen MR) is 87.0 cm³/mol. The molecule has 2 N–H and O–H groups in total. The summed E-state index contributed by atoms with van der Waals surface area (Å²) in [5.74, 6) is -2.08. The number of aliphatic carboxylic acids is 1. The number of anilines is 1. The van der Waals surface area contributed by atoms with Crippen molar-refractivity contribution in [3.63, 3.8) is 0 Å². The number of nitrogens with zero attached hydrogens (tertiary/aromatic N) is 2. The van der Waals surface area contributed by atoms with Crippen LogP contribution in [0.4, 0.5) is 5.13 Å². The van der Waals surface area contributed by atoms with Crippen LogP contribution in [0.5, 0.6) is 0 Å². The summed E-state index contributed by atoms with van der Waals surface area (Å²) < 4.78 is 5.19. The zero-order valence-corrected chi connectivity index (χ0v) is 14.8. The maximum Gasteiger partial charge on any atom is 0.360 e. The summed E-state index contributed by atoms with van der Waals surface area (Å²) >= 11 is 1.02. The lowest BCUT2D eigenvalue weighted by atomic mass is 10.1. The third kappa shape index (κ3) is 5.61. The number of oxime groups is 1. The van der Waals surface area contributed by atoms with E-state index in [1.807, 2.05) is 0 Å². The summed E-state index contributed by atoms with van der Waals surface area (Å²) in [4.78, 5) is 42.7. The van der Waals surface area contributed by atoms with Gasteiger partial charge in [-0.15, -0.1) is 11.3 Å². The van der Waals surface area contributed by atoms with Crippen LogP contribution in [-0.2, 0) is 24.0 Å². The minimum absolute atomic E-state index is 0.00293. The molecular formula is C14H19N3O6S. The van der Waals surface area contributed by atoms with Gasteiger partial charge >= 0.3 is 11.9 Å². The normalized spacial score (nSPS) is 12.5. The van der Waals surface area contributed by atoms with E-state index >= 15 is 0 Å². The zero-order chi connectivity index (χ0) is 18.5. The van der Waals surface area contributed by atoms with Gasteiger partial charge in [-0.3, -0.25) is 4.79 Å². The van der Waals surface area contributed by atoms with E-state index in [1.165, 1.54) is 19.2 Å². The molecule has 0 aliphatic heterocycles. The van der Waals surface area contributed by atoms with Crippen molar-refractivity contribution in [1.29, 1.82) is 0 Å². The van der Waals surface area contributed by atoms with Gasteiger partial charge in [0.15, 0.2) is 5.13 Å². The highest BCUT2D eigenvalue weighted by Gasteiger charge is 2.36.